The number of ether oxygens (including phenoxy) is 1. The third kappa shape index (κ3) is 4.53. The molecular weight excluding hydrogens is 260 g/mol. The van der Waals surface area contributed by atoms with Gasteiger partial charge >= 0.3 is 5.97 Å². The van der Waals surface area contributed by atoms with Gasteiger partial charge in [0.2, 0.25) is 0 Å². The molecule has 0 aliphatic rings. The standard InChI is InChI=1S/C14H14N2O4/c1-14(2,3)20-13(17)11(9-15)7-10-5-4-6-12(8-10)16(18)19/h4-8H,1-3H3. The molecule has 1 aromatic carbocycles. The van der Waals surface area contributed by atoms with Gasteiger partial charge in [0.25, 0.3) is 5.69 Å². The average Bonchev–Trinajstić information content (AvgIpc) is 2.34. The maximum absolute atomic E-state index is 11.8. The Morgan fingerprint density at radius 3 is 2.60 bits per heavy atom. The van der Waals surface area contributed by atoms with E-state index in [0.29, 0.717) is 5.56 Å². The number of hydrogen-bond acceptors (Lipinski definition) is 5. The molecule has 0 bridgehead atoms. The summed E-state index contributed by atoms with van der Waals surface area (Å²) in [5.41, 5.74) is -0.641. The molecule has 0 heterocycles. The SMILES string of the molecule is CC(C)(C)OC(=O)C(C#N)=Cc1cccc([N+](=O)[O-])c1. The molecular formula is C14H14N2O4. The van der Waals surface area contributed by atoms with Gasteiger partial charge in [0.05, 0.1) is 4.92 Å². The summed E-state index contributed by atoms with van der Waals surface area (Å²) < 4.78 is 5.08. The molecule has 0 saturated heterocycles. The van der Waals surface area contributed by atoms with Crippen molar-refractivity contribution in [3.05, 3.63) is 45.5 Å². The van der Waals surface area contributed by atoms with Crippen molar-refractivity contribution in [1.29, 1.82) is 5.26 Å². The summed E-state index contributed by atoms with van der Waals surface area (Å²) >= 11 is 0. The van der Waals surface area contributed by atoms with Crippen LogP contribution < -0.4 is 0 Å². The number of nitrogens with zero attached hydrogens (tertiary/aromatic N) is 2. The van der Waals surface area contributed by atoms with Gasteiger partial charge in [-0.2, -0.15) is 5.26 Å². The zero-order chi connectivity index (χ0) is 15.3. The van der Waals surface area contributed by atoms with Crippen LogP contribution in [-0.4, -0.2) is 16.5 Å². The molecule has 0 atom stereocenters. The molecule has 0 aliphatic heterocycles. The Balaban J connectivity index is 3.07. The molecule has 0 spiro atoms. The third-order valence-corrected chi connectivity index (χ3v) is 2.13. The Labute approximate surface area is 116 Å². The number of benzene rings is 1. The second-order valence-electron chi connectivity index (χ2n) is 5.02. The number of rotatable bonds is 3. The maximum Gasteiger partial charge on any atom is 0.349 e. The van der Waals surface area contributed by atoms with Gasteiger partial charge in [-0.15, -0.1) is 0 Å². The minimum absolute atomic E-state index is 0.111. The van der Waals surface area contributed by atoms with Crippen LogP contribution in [0.1, 0.15) is 26.3 Å². The molecule has 0 amide bonds. The summed E-state index contributed by atoms with van der Waals surface area (Å²) in [5, 5.41) is 19.6. The zero-order valence-corrected chi connectivity index (χ0v) is 11.4. The number of non-ortho nitro benzene ring substituents is 1. The molecule has 0 radical (unpaired) electrons. The molecule has 0 saturated carbocycles. The van der Waals surface area contributed by atoms with E-state index in [1.54, 1.807) is 32.9 Å². The average molecular weight is 274 g/mol. The van der Waals surface area contributed by atoms with Crippen LogP contribution in [0.2, 0.25) is 0 Å². The van der Waals surface area contributed by atoms with Gasteiger partial charge in [0.15, 0.2) is 0 Å². The first-order chi connectivity index (χ1) is 9.23. The van der Waals surface area contributed by atoms with Gasteiger partial charge in [-0.05, 0) is 32.4 Å². The Morgan fingerprint density at radius 2 is 2.10 bits per heavy atom. The molecule has 20 heavy (non-hydrogen) atoms. The van der Waals surface area contributed by atoms with E-state index >= 15 is 0 Å². The first-order valence-corrected chi connectivity index (χ1v) is 5.82. The van der Waals surface area contributed by atoms with Crippen molar-refractivity contribution < 1.29 is 14.5 Å². The van der Waals surface area contributed by atoms with Crippen LogP contribution in [0.3, 0.4) is 0 Å². The van der Waals surface area contributed by atoms with Gasteiger partial charge < -0.3 is 4.74 Å². The highest BCUT2D eigenvalue weighted by molar-refractivity contribution is 5.98. The van der Waals surface area contributed by atoms with E-state index < -0.39 is 16.5 Å². The number of nitriles is 1. The summed E-state index contributed by atoms with van der Waals surface area (Å²) in [7, 11) is 0. The van der Waals surface area contributed by atoms with E-state index in [1.807, 2.05) is 0 Å². The topological polar surface area (TPSA) is 93.2 Å². The molecule has 0 aliphatic carbocycles. The molecule has 1 rings (SSSR count). The summed E-state index contributed by atoms with van der Waals surface area (Å²) in [4.78, 5) is 21.9. The highest BCUT2D eigenvalue weighted by Crippen LogP contribution is 2.17. The summed E-state index contributed by atoms with van der Waals surface area (Å²) in [6, 6.07) is 7.39. The van der Waals surface area contributed by atoms with Crippen LogP contribution in [-0.2, 0) is 9.53 Å². The van der Waals surface area contributed by atoms with Gasteiger partial charge in [0, 0.05) is 12.1 Å². The molecule has 0 fully saturated rings. The van der Waals surface area contributed by atoms with Gasteiger partial charge in [-0.1, -0.05) is 12.1 Å². The number of carbonyl (C=O) groups excluding carboxylic acids is 1. The largest absolute Gasteiger partial charge is 0.456 e. The van der Waals surface area contributed by atoms with Crippen LogP contribution >= 0.6 is 0 Å². The van der Waals surface area contributed by atoms with Crippen molar-refractivity contribution in [1.82, 2.24) is 0 Å². The predicted molar refractivity (Wildman–Crippen MR) is 72.5 cm³/mol. The van der Waals surface area contributed by atoms with Crippen LogP contribution in [0.4, 0.5) is 5.69 Å². The van der Waals surface area contributed by atoms with E-state index in [0.717, 1.165) is 0 Å². The second-order valence-corrected chi connectivity index (χ2v) is 5.02. The lowest BCUT2D eigenvalue weighted by molar-refractivity contribution is -0.384. The molecule has 0 N–H and O–H groups in total. The summed E-state index contributed by atoms with van der Waals surface area (Å²) in [5.74, 6) is -0.758. The van der Waals surface area contributed by atoms with Crippen molar-refractivity contribution in [3.63, 3.8) is 0 Å². The molecule has 6 heteroatoms. The van der Waals surface area contributed by atoms with Crippen molar-refractivity contribution in [2.45, 2.75) is 26.4 Å². The fraction of sp³-hybridized carbons (Fsp3) is 0.286. The molecule has 104 valence electrons. The van der Waals surface area contributed by atoms with Crippen LogP contribution in [0.5, 0.6) is 0 Å². The van der Waals surface area contributed by atoms with Gasteiger partial charge in [0.1, 0.15) is 17.2 Å². The third-order valence-electron chi connectivity index (χ3n) is 2.13. The molecule has 1 aromatic rings. The summed E-state index contributed by atoms with van der Waals surface area (Å²) in [6.45, 7) is 5.06. The number of nitro benzene ring substituents is 1. The Hall–Kier alpha value is -2.68. The second kappa shape index (κ2) is 5.97. The van der Waals surface area contributed by atoms with Gasteiger partial charge in [-0.3, -0.25) is 10.1 Å². The van der Waals surface area contributed by atoms with Gasteiger partial charge in [-0.25, -0.2) is 4.79 Å². The predicted octanol–water partition coefficient (Wildman–Crippen LogP) is 2.84. The highest BCUT2D eigenvalue weighted by atomic mass is 16.6. The van der Waals surface area contributed by atoms with Crippen LogP contribution in [0.15, 0.2) is 29.8 Å². The smallest absolute Gasteiger partial charge is 0.349 e. The first-order valence-electron chi connectivity index (χ1n) is 5.82. The van der Waals surface area contributed by atoms with E-state index in [-0.39, 0.29) is 11.3 Å². The monoisotopic (exact) mass is 274 g/mol. The van der Waals surface area contributed by atoms with Crippen molar-refractivity contribution in [2.75, 3.05) is 0 Å². The minimum atomic E-state index is -0.758. The number of esters is 1. The van der Waals surface area contributed by atoms with Crippen LogP contribution in [0, 0.1) is 21.4 Å². The number of nitro groups is 1. The van der Waals surface area contributed by atoms with E-state index in [2.05, 4.69) is 0 Å². The van der Waals surface area contributed by atoms with Crippen molar-refractivity contribution >= 4 is 17.7 Å². The fourth-order valence-corrected chi connectivity index (χ4v) is 1.36. The minimum Gasteiger partial charge on any atom is -0.456 e. The Bertz CT molecular complexity index is 606. The quantitative estimate of drug-likeness (QED) is 0.278. The Morgan fingerprint density at radius 1 is 1.45 bits per heavy atom. The zero-order valence-electron chi connectivity index (χ0n) is 11.4. The fourth-order valence-electron chi connectivity index (χ4n) is 1.36. The molecule has 0 unspecified atom stereocenters. The lowest BCUT2D eigenvalue weighted by Gasteiger charge is -2.18. The van der Waals surface area contributed by atoms with E-state index in [9.17, 15) is 14.9 Å². The normalized spacial score (nSPS) is 11.6. The van der Waals surface area contributed by atoms with Crippen molar-refractivity contribution in [3.8, 4) is 6.07 Å². The number of carbonyl (C=O) groups is 1. The maximum atomic E-state index is 11.8. The summed E-state index contributed by atoms with van der Waals surface area (Å²) in [6.07, 6.45) is 1.26. The lowest BCUT2D eigenvalue weighted by Crippen LogP contribution is -2.24. The highest BCUT2D eigenvalue weighted by Gasteiger charge is 2.20. The lowest BCUT2D eigenvalue weighted by atomic mass is 10.1. The number of hydrogen-bond donors (Lipinski definition) is 0. The molecule has 0 aromatic heterocycles. The van der Waals surface area contributed by atoms with Crippen LogP contribution in [0.25, 0.3) is 6.08 Å². The first kappa shape index (κ1) is 15.4. The van der Waals surface area contributed by atoms with E-state index in [1.165, 1.54) is 24.3 Å². The van der Waals surface area contributed by atoms with E-state index in [4.69, 9.17) is 10.00 Å². The Kier molecular flexibility index (Phi) is 4.59. The van der Waals surface area contributed by atoms with Crippen molar-refractivity contribution in [2.24, 2.45) is 0 Å². The molecule has 6 nitrogen and oxygen atoms in total.